The van der Waals surface area contributed by atoms with E-state index in [2.05, 4.69) is 21.3 Å². The molecule has 7 N–H and O–H groups in total. The predicted octanol–water partition coefficient (Wildman–Crippen LogP) is 4.40. The number of aromatic nitrogens is 1. The van der Waals surface area contributed by atoms with Gasteiger partial charge in [0.25, 0.3) is 0 Å². The molecule has 3 aromatic carbocycles. The molecule has 1 aromatic heterocycles. The maximum absolute atomic E-state index is 15.3. The van der Waals surface area contributed by atoms with Crippen LogP contribution in [0.2, 0.25) is 0 Å². The van der Waals surface area contributed by atoms with Crippen molar-refractivity contribution in [2.75, 3.05) is 42.9 Å². The number of rotatable bonds is 16. The summed E-state index contributed by atoms with van der Waals surface area (Å²) in [5.74, 6) is -3.83. The molecule has 17 nitrogen and oxygen atoms in total. The number of ether oxygens (including phenoxy) is 1. The molecule has 5 rings (SSSR count). The minimum absolute atomic E-state index is 0.0309. The molecular formula is C44H53FN8O9. The van der Waals surface area contributed by atoms with Gasteiger partial charge in [0, 0.05) is 56.5 Å². The molecule has 0 aliphatic carbocycles. The lowest BCUT2D eigenvalue weighted by Crippen LogP contribution is -2.53. The normalized spacial score (nSPS) is 13.8. The van der Waals surface area contributed by atoms with E-state index < -0.39 is 64.1 Å². The number of anilines is 2. The van der Waals surface area contributed by atoms with E-state index >= 15 is 4.39 Å². The molecule has 1 saturated heterocycles. The highest BCUT2D eigenvalue weighted by Crippen LogP contribution is 2.27. The smallest absolute Gasteiger partial charge is 0.410 e. The monoisotopic (exact) mass is 856 g/mol. The Balaban J connectivity index is 1.15. The molecule has 0 bridgehead atoms. The van der Waals surface area contributed by atoms with Gasteiger partial charge in [-0.3, -0.25) is 19.2 Å². The van der Waals surface area contributed by atoms with E-state index in [-0.39, 0.29) is 69.3 Å². The lowest BCUT2D eigenvalue weighted by atomic mass is 9.89. The van der Waals surface area contributed by atoms with Gasteiger partial charge in [-0.1, -0.05) is 36.4 Å². The molecule has 4 aromatic rings. The zero-order valence-corrected chi connectivity index (χ0v) is 35.4. The molecule has 2 atom stereocenters. The molecule has 0 radical (unpaired) electrons. The molecule has 2 heterocycles. The summed E-state index contributed by atoms with van der Waals surface area (Å²) in [6.07, 6.45) is 1.08. The van der Waals surface area contributed by atoms with Crippen LogP contribution in [0.25, 0.3) is 10.9 Å². The van der Waals surface area contributed by atoms with Gasteiger partial charge in [0.2, 0.25) is 23.2 Å². The molecule has 330 valence electrons. The number of pyridine rings is 1. The van der Waals surface area contributed by atoms with E-state index in [9.17, 15) is 38.7 Å². The number of aryl methyl sites for hydroxylation is 2. The topological polar surface area (TPSA) is 234 Å². The number of nitrogens with one attached hydrogen (secondary N) is 4. The van der Waals surface area contributed by atoms with Crippen molar-refractivity contribution in [1.29, 1.82) is 0 Å². The van der Waals surface area contributed by atoms with Crippen molar-refractivity contribution in [1.82, 2.24) is 25.4 Å². The highest BCUT2D eigenvalue weighted by Gasteiger charge is 2.39. The Morgan fingerprint density at radius 3 is 2.24 bits per heavy atom. The van der Waals surface area contributed by atoms with Crippen LogP contribution in [-0.4, -0.2) is 89.2 Å². The summed E-state index contributed by atoms with van der Waals surface area (Å²) in [6, 6.07) is 14.5. The lowest BCUT2D eigenvalue weighted by Gasteiger charge is -2.35. The number of piperazine rings is 1. The maximum Gasteiger partial charge on any atom is 0.410 e. The number of carboxylic acid groups (broad SMARTS) is 1. The number of nitrogens with zero attached hydrogens (tertiary/aromatic N) is 3. The fraction of sp³-hybridized carbons (Fsp3) is 0.386. The first-order valence-electron chi connectivity index (χ1n) is 20.3. The Kier molecular flexibility index (Phi) is 14.9. The first-order valence-corrected chi connectivity index (χ1v) is 20.3. The van der Waals surface area contributed by atoms with Crippen molar-refractivity contribution in [3.8, 4) is 0 Å². The van der Waals surface area contributed by atoms with E-state index in [0.717, 1.165) is 17.2 Å². The van der Waals surface area contributed by atoms with E-state index in [0.29, 0.717) is 23.3 Å². The summed E-state index contributed by atoms with van der Waals surface area (Å²) >= 11 is 0. The minimum atomic E-state index is -1.55. The molecule has 62 heavy (non-hydrogen) atoms. The third-order valence-corrected chi connectivity index (χ3v) is 10.9. The van der Waals surface area contributed by atoms with Crippen molar-refractivity contribution in [3.05, 3.63) is 105 Å². The maximum atomic E-state index is 15.3. The highest BCUT2D eigenvalue weighted by atomic mass is 19.1. The Bertz CT molecular complexity index is 2390. The number of hydrogen-bond donors (Lipinski definition) is 6. The standard InChI is InChI=1S/C44H53FN8O9/c1-6-51-24-32(39(56)57)37(54)31-22-33(45)36(23-35(31)51)52-18-20-53(21-19-52)43(61)62-25-28-13-15-29(16-14-28)49-38(55)34(12-9-17-47-42(46)60)50-41(59)44(4,5)40(58)48-27(3)30-11-8-7-10-26(30)2/h7-8,10-11,13-16,22-24,27,34H,6,9,12,17-21,25H2,1-5H3,(H,48,58)(H,49,55)(H,50,59)(H,56,57)(H3,46,47,60)/t27-,34+/m1/s1. The summed E-state index contributed by atoms with van der Waals surface area (Å²) in [6.45, 7) is 9.91. The Morgan fingerprint density at radius 2 is 1.61 bits per heavy atom. The van der Waals surface area contributed by atoms with E-state index in [1.807, 2.05) is 38.1 Å². The van der Waals surface area contributed by atoms with Gasteiger partial charge in [0.05, 0.1) is 17.2 Å². The number of aromatic carboxylic acids is 1. The first kappa shape index (κ1) is 46.1. The fourth-order valence-corrected chi connectivity index (χ4v) is 7.09. The molecule has 1 aliphatic rings. The van der Waals surface area contributed by atoms with Crippen LogP contribution in [0.5, 0.6) is 0 Å². The van der Waals surface area contributed by atoms with Crippen molar-refractivity contribution < 1.29 is 43.0 Å². The van der Waals surface area contributed by atoms with Crippen LogP contribution in [-0.2, 0) is 32.3 Å². The molecule has 18 heteroatoms. The van der Waals surface area contributed by atoms with Gasteiger partial charge in [-0.2, -0.15) is 0 Å². The summed E-state index contributed by atoms with van der Waals surface area (Å²) in [7, 11) is 0. The summed E-state index contributed by atoms with van der Waals surface area (Å²) in [4.78, 5) is 92.2. The van der Waals surface area contributed by atoms with Crippen molar-refractivity contribution >= 4 is 58.1 Å². The number of nitrogens with two attached hydrogens (primary N) is 1. The van der Waals surface area contributed by atoms with Gasteiger partial charge in [0.15, 0.2) is 0 Å². The van der Waals surface area contributed by atoms with Crippen LogP contribution in [0.3, 0.4) is 0 Å². The summed E-state index contributed by atoms with van der Waals surface area (Å²) in [5.41, 5.74) is 5.95. The summed E-state index contributed by atoms with van der Waals surface area (Å²) in [5, 5.41) is 20.2. The van der Waals surface area contributed by atoms with Gasteiger partial charge >= 0.3 is 18.1 Å². The second-order valence-electron chi connectivity index (χ2n) is 15.6. The van der Waals surface area contributed by atoms with Crippen molar-refractivity contribution in [2.24, 2.45) is 11.1 Å². The van der Waals surface area contributed by atoms with Crippen molar-refractivity contribution in [2.45, 2.75) is 72.7 Å². The van der Waals surface area contributed by atoms with E-state index in [1.165, 1.54) is 31.0 Å². The molecule has 1 fully saturated rings. The fourth-order valence-electron chi connectivity index (χ4n) is 7.09. The largest absolute Gasteiger partial charge is 0.477 e. The first-order chi connectivity index (χ1) is 29.4. The van der Waals surface area contributed by atoms with Gasteiger partial charge in [-0.05, 0) is 88.4 Å². The zero-order chi connectivity index (χ0) is 45.3. The highest BCUT2D eigenvalue weighted by molar-refractivity contribution is 6.06. The minimum Gasteiger partial charge on any atom is -0.477 e. The molecule has 1 aliphatic heterocycles. The average molecular weight is 857 g/mol. The van der Waals surface area contributed by atoms with Crippen molar-refractivity contribution in [3.63, 3.8) is 0 Å². The third-order valence-electron chi connectivity index (χ3n) is 10.9. The quantitative estimate of drug-likeness (QED) is 0.0687. The average Bonchev–Trinajstić information content (AvgIpc) is 3.24. The number of carbonyl (C=O) groups excluding carboxylic acids is 5. The number of carboxylic acids is 1. The van der Waals surface area contributed by atoms with Crippen LogP contribution in [0.1, 0.15) is 73.6 Å². The number of amides is 6. The number of benzene rings is 3. The Labute approximate surface area is 357 Å². The molecule has 0 unspecified atom stereocenters. The molecule has 6 amide bonds. The van der Waals surface area contributed by atoms with Gasteiger partial charge in [0.1, 0.15) is 29.4 Å². The zero-order valence-electron chi connectivity index (χ0n) is 35.4. The number of halogens is 1. The van der Waals surface area contributed by atoms with E-state index in [1.54, 1.807) is 40.7 Å². The second-order valence-corrected chi connectivity index (χ2v) is 15.6. The molecule has 0 spiro atoms. The molecular weight excluding hydrogens is 804 g/mol. The van der Waals surface area contributed by atoms with Gasteiger partial charge < -0.3 is 51.2 Å². The number of urea groups is 1. The van der Waals surface area contributed by atoms with Crippen LogP contribution in [0.4, 0.5) is 25.4 Å². The molecule has 0 saturated carbocycles. The number of fused-ring (bicyclic) bond motifs is 1. The number of carbonyl (C=O) groups is 6. The Morgan fingerprint density at radius 1 is 0.952 bits per heavy atom. The SMILES string of the molecule is CCn1cc(C(=O)O)c(=O)c2cc(F)c(N3CCN(C(=O)OCc4ccc(NC(=O)[C@H](CCCNC(N)=O)NC(=O)C(C)(C)C(=O)N[C@H](C)c5ccccc5C)cc4)CC3)cc21. The van der Waals surface area contributed by atoms with Gasteiger partial charge in [-0.25, -0.2) is 18.8 Å². The predicted molar refractivity (Wildman–Crippen MR) is 230 cm³/mol. The van der Waals surface area contributed by atoms with Gasteiger partial charge in [-0.15, -0.1) is 0 Å². The lowest BCUT2D eigenvalue weighted by molar-refractivity contribution is -0.143. The van der Waals surface area contributed by atoms with E-state index in [4.69, 9.17) is 10.5 Å². The second kappa shape index (κ2) is 20.1. The van der Waals surface area contributed by atoms with Crippen LogP contribution < -0.4 is 37.3 Å². The number of hydrogen-bond acceptors (Lipinski definition) is 9. The third kappa shape index (κ3) is 11.0. The van der Waals surface area contributed by atoms with Crippen LogP contribution in [0, 0.1) is 18.2 Å². The van der Waals surface area contributed by atoms with Crippen LogP contribution >= 0.6 is 0 Å². The summed E-state index contributed by atoms with van der Waals surface area (Å²) < 4.78 is 22.5. The number of primary amides is 1. The Hall–Kier alpha value is -6.98. The van der Waals surface area contributed by atoms with Crippen LogP contribution in [0.15, 0.2) is 71.7 Å².